The van der Waals surface area contributed by atoms with Gasteiger partial charge in [0.2, 0.25) is 5.82 Å². The zero-order chi connectivity index (χ0) is 12.9. The van der Waals surface area contributed by atoms with Crippen molar-refractivity contribution in [2.75, 3.05) is 0 Å². The normalized spacial score (nSPS) is 11.2. The molecule has 0 aliphatic heterocycles. The number of rotatable bonds is 0. The minimum absolute atomic E-state index is 0.152. The lowest BCUT2D eigenvalue weighted by atomic mass is 10.1. The van der Waals surface area contributed by atoms with Crippen molar-refractivity contribution in [2.24, 2.45) is 0 Å². The number of aromatic hydroxyl groups is 1. The molecule has 1 heterocycles. The first-order chi connectivity index (χ1) is 8.59. The van der Waals surface area contributed by atoms with Crippen LogP contribution in [0.1, 0.15) is 0 Å². The second-order valence-electron chi connectivity index (χ2n) is 3.83. The van der Waals surface area contributed by atoms with E-state index in [1.807, 2.05) is 0 Å². The van der Waals surface area contributed by atoms with Crippen LogP contribution in [0.25, 0.3) is 21.7 Å². The van der Waals surface area contributed by atoms with Gasteiger partial charge in [0.1, 0.15) is 5.82 Å². The van der Waals surface area contributed by atoms with Crippen molar-refractivity contribution in [3.05, 3.63) is 52.4 Å². The number of hydrogen-bond acceptors (Lipinski definition) is 3. The molecule has 0 aliphatic rings. The van der Waals surface area contributed by atoms with Gasteiger partial charge in [0.25, 0.3) is 0 Å². The van der Waals surface area contributed by atoms with Crippen molar-refractivity contribution in [1.29, 1.82) is 0 Å². The van der Waals surface area contributed by atoms with Gasteiger partial charge in [-0.05, 0) is 6.07 Å². The Hall–Kier alpha value is -2.43. The van der Waals surface area contributed by atoms with Gasteiger partial charge in [0.15, 0.2) is 11.3 Å². The number of phenolic OH excluding ortho intramolecular Hbond substituents is 1. The number of phenols is 1. The molecule has 0 amide bonds. The molecule has 2 aromatic carbocycles. The summed E-state index contributed by atoms with van der Waals surface area (Å²) >= 11 is 0. The maximum atomic E-state index is 13.8. The third kappa shape index (κ3) is 1.30. The van der Waals surface area contributed by atoms with Crippen LogP contribution < -0.4 is 5.63 Å². The molecule has 0 aliphatic carbocycles. The quantitative estimate of drug-likeness (QED) is 0.491. The van der Waals surface area contributed by atoms with Crippen molar-refractivity contribution in [3.63, 3.8) is 0 Å². The highest BCUT2D eigenvalue weighted by Crippen LogP contribution is 2.31. The van der Waals surface area contributed by atoms with Gasteiger partial charge in [-0.2, -0.15) is 4.39 Å². The minimum atomic E-state index is -1.14. The van der Waals surface area contributed by atoms with E-state index in [1.54, 1.807) is 12.1 Å². The third-order valence-corrected chi connectivity index (χ3v) is 2.76. The monoisotopic (exact) mass is 248 g/mol. The van der Waals surface area contributed by atoms with Crippen LogP contribution in [0, 0.1) is 11.6 Å². The fourth-order valence-electron chi connectivity index (χ4n) is 1.96. The molecule has 3 aromatic rings. The van der Waals surface area contributed by atoms with Gasteiger partial charge in [0, 0.05) is 11.5 Å². The molecule has 0 saturated heterocycles. The van der Waals surface area contributed by atoms with E-state index in [1.165, 1.54) is 12.1 Å². The highest BCUT2D eigenvalue weighted by atomic mass is 19.1. The molecule has 0 atom stereocenters. The van der Waals surface area contributed by atoms with Crippen LogP contribution in [-0.4, -0.2) is 5.11 Å². The Kier molecular flexibility index (Phi) is 2.10. The maximum Gasteiger partial charge on any atom is 0.344 e. The maximum absolute atomic E-state index is 13.8. The first kappa shape index (κ1) is 10.7. The molecular formula is C13H6F2O3. The summed E-state index contributed by atoms with van der Waals surface area (Å²) in [4.78, 5) is 11.6. The fraction of sp³-hybridized carbons (Fsp3) is 0. The predicted molar refractivity (Wildman–Crippen MR) is 61.6 cm³/mol. The van der Waals surface area contributed by atoms with E-state index in [4.69, 9.17) is 4.42 Å². The van der Waals surface area contributed by atoms with Gasteiger partial charge in [0.05, 0.1) is 10.8 Å². The SMILES string of the molecule is O=c1oc2c(F)c(O)cc(F)c2c2ccccc12. The fourth-order valence-corrected chi connectivity index (χ4v) is 1.96. The molecule has 1 aromatic heterocycles. The summed E-state index contributed by atoms with van der Waals surface area (Å²) in [5, 5.41) is 9.44. The lowest BCUT2D eigenvalue weighted by molar-refractivity contribution is 0.421. The van der Waals surface area contributed by atoms with Crippen LogP contribution in [0.3, 0.4) is 0 Å². The summed E-state index contributed by atoms with van der Waals surface area (Å²) in [6, 6.07) is 6.81. The van der Waals surface area contributed by atoms with Gasteiger partial charge in [-0.25, -0.2) is 9.18 Å². The molecule has 0 bridgehead atoms. The Morgan fingerprint density at radius 3 is 2.50 bits per heavy atom. The summed E-state index contributed by atoms with van der Waals surface area (Å²) in [5.74, 6) is -2.88. The summed E-state index contributed by atoms with van der Waals surface area (Å²) in [6.45, 7) is 0. The van der Waals surface area contributed by atoms with E-state index in [9.17, 15) is 18.7 Å². The topological polar surface area (TPSA) is 50.4 Å². The largest absolute Gasteiger partial charge is 0.505 e. The molecule has 0 spiro atoms. The number of hydrogen-bond donors (Lipinski definition) is 1. The molecule has 18 heavy (non-hydrogen) atoms. The average molecular weight is 248 g/mol. The average Bonchev–Trinajstić information content (AvgIpc) is 2.36. The van der Waals surface area contributed by atoms with Crippen LogP contribution in [0.2, 0.25) is 0 Å². The molecule has 3 nitrogen and oxygen atoms in total. The van der Waals surface area contributed by atoms with Crippen molar-refractivity contribution in [2.45, 2.75) is 0 Å². The molecule has 0 fully saturated rings. The number of benzene rings is 2. The van der Waals surface area contributed by atoms with E-state index in [2.05, 4.69) is 0 Å². The van der Waals surface area contributed by atoms with E-state index in [0.29, 0.717) is 6.07 Å². The lowest BCUT2D eigenvalue weighted by Crippen LogP contribution is -2.01. The van der Waals surface area contributed by atoms with Crippen molar-refractivity contribution < 1.29 is 18.3 Å². The Labute approximate surface area is 98.9 Å². The Morgan fingerprint density at radius 2 is 1.78 bits per heavy atom. The van der Waals surface area contributed by atoms with Crippen molar-refractivity contribution >= 4 is 21.7 Å². The third-order valence-electron chi connectivity index (χ3n) is 2.76. The second-order valence-corrected chi connectivity index (χ2v) is 3.83. The highest BCUT2D eigenvalue weighted by Gasteiger charge is 2.18. The standard InChI is InChI=1S/C13H6F2O3/c14-8-5-9(16)11(15)12-10(8)6-3-1-2-4-7(6)13(17)18-12/h1-5,16H. The summed E-state index contributed by atoms with van der Waals surface area (Å²) in [6.07, 6.45) is 0. The zero-order valence-electron chi connectivity index (χ0n) is 8.91. The van der Waals surface area contributed by atoms with Crippen LogP contribution in [0.4, 0.5) is 8.78 Å². The second kappa shape index (κ2) is 3.53. The Morgan fingerprint density at radius 1 is 1.11 bits per heavy atom. The van der Waals surface area contributed by atoms with E-state index in [-0.39, 0.29) is 16.2 Å². The lowest BCUT2D eigenvalue weighted by Gasteiger charge is -2.05. The van der Waals surface area contributed by atoms with Crippen molar-refractivity contribution in [1.82, 2.24) is 0 Å². The van der Waals surface area contributed by atoms with Gasteiger partial charge in [-0.15, -0.1) is 0 Å². The predicted octanol–water partition coefficient (Wildman–Crippen LogP) is 2.93. The van der Waals surface area contributed by atoms with Crippen LogP contribution >= 0.6 is 0 Å². The first-order valence-electron chi connectivity index (χ1n) is 5.12. The van der Waals surface area contributed by atoms with Crippen LogP contribution in [-0.2, 0) is 0 Å². The van der Waals surface area contributed by atoms with Crippen LogP contribution in [0.5, 0.6) is 5.75 Å². The van der Waals surface area contributed by atoms with Gasteiger partial charge in [-0.1, -0.05) is 18.2 Å². The highest BCUT2D eigenvalue weighted by molar-refractivity contribution is 6.05. The number of halogens is 2. The van der Waals surface area contributed by atoms with Gasteiger partial charge in [-0.3, -0.25) is 0 Å². The number of fused-ring (bicyclic) bond motifs is 3. The molecule has 0 unspecified atom stereocenters. The summed E-state index contributed by atoms with van der Waals surface area (Å²) in [7, 11) is 0. The molecule has 3 rings (SSSR count). The van der Waals surface area contributed by atoms with E-state index >= 15 is 0 Å². The minimum Gasteiger partial charge on any atom is -0.505 e. The van der Waals surface area contributed by atoms with Crippen molar-refractivity contribution in [3.8, 4) is 5.75 Å². The molecular weight excluding hydrogens is 242 g/mol. The summed E-state index contributed by atoms with van der Waals surface area (Å²) < 4.78 is 32.2. The van der Waals surface area contributed by atoms with Gasteiger partial charge >= 0.3 is 5.63 Å². The Balaban J connectivity index is 2.72. The first-order valence-corrected chi connectivity index (χ1v) is 5.12. The van der Waals surface area contributed by atoms with Crippen LogP contribution in [0.15, 0.2) is 39.5 Å². The van der Waals surface area contributed by atoms with E-state index < -0.39 is 28.6 Å². The Bertz CT molecular complexity index is 837. The molecule has 0 saturated carbocycles. The summed E-state index contributed by atoms with van der Waals surface area (Å²) in [5.41, 5.74) is -1.35. The molecule has 0 radical (unpaired) electrons. The molecule has 90 valence electrons. The smallest absolute Gasteiger partial charge is 0.344 e. The van der Waals surface area contributed by atoms with E-state index in [0.717, 1.165) is 0 Å². The molecule has 1 N–H and O–H groups in total. The zero-order valence-corrected chi connectivity index (χ0v) is 8.91. The molecule has 5 heteroatoms. The van der Waals surface area contributed by atoms with Gasteiger partial charge < -0.3 is 9.52 Å².